The molecule has 0 amide bonds. The van der Waals surface area contributed by atoms with Gasteiger partial charge in [-0.25, -0.2) is 0 Å². The second kappa shape index (κ2) is 19.2. The van der Waals surface area contributed by atoms with Gasteiger partial charge in [-0.1, -0.05) is 0 Å². The number of aliphatic hydroxyl groups excluding tert-OH is 3. The number of rotatable bonds is 1. The molecule has 0 aliphatic carbocycles. The molecule has 1 rings (SSSR count). The van der Waals surface area contributed by atoms with Crippen LogP contribution in [-0.4, -0.2) is 67.3 Å². The van der Waals surface area contributed by atoms with E-state index in [1.165, 1.54) is 0 Å². The van der Waals surface area contributed by atoms with Crippen molar-refractivity contribution in [3.63, 3.8) is 0 Å². The summed E-state index contributed by atoms with van der Waals surface area (Å²) in [5.74, 6) is 0. The molecule has 1 fully saturated rings. The molecule has 0 aromatic heterocycles. The second-order valence-corrected chi connectivity index (χ2v) is 3.71. The van der Waals surface area contributed by atoms with Crippen molar-refractivity contribution in [3.8, 4) is 0 Å². The summed E-state index contributed by atoms with van der Waals surface area (Å²) in [5, 5.41) is 26.7. The Balaban J connectivity index is -0.0000000960. The zero-order chi connectivity index (χ0) is 9.30. The minimum atomic E-state index is -1.18. The van der Waals surface area contributed by atoms with E-state index >= 15 is 0 Å². The van der Waals surface area contributed by atoms with Gasteiger partial charge in [-0.2, -0.15) is 0 Å². The fourth-order valence-corrected chi connectivity index (χ4v) is 1.72. The van der Waals surface area contributed by atoms with E-state index in [0.29, 0.717) is 0 Å². The Morgan fingerprint density at radius 2 is 1.47 bits per heavy atom. The van der Waals surface area contributed by atoms with Gasteiger partial charge in [-0.05, 0) is 0 Å². The molecule has 1 aliphatic rings. The molecule has 6 radical (unpaired) electrons. The average molecular weight is 1350 g/mol. The third-order valence-electron chi connectivity index (χ3n) is 1.88. The van der Waals surface area contributed by atoms with E-state index in [-0.39, 0.29) is 205 Å². The summed E-state index contributed by atoms with van der Waals surface area (Å²) in [4.78, 5) is 0. The fraction of sp³-hybridized carbons (Fsp3) is 1.00. The van der Waals surface area contributed by atoms with Crippen LogP contribution in [0.15, 0.2) is 0 Å². The van der Waals surface area contributed by atoms with E-state index in [1.807, 2.05) is 0 Å². The number of hydrogen-bond acceptors (Lipinski definition) is 4. The SMILES string of the molecule is [Ac].[Ac].[Ac].[Ac].[Au].[NH-]C1C([Se])OC(CO)C(O)C1O. The Bertz CT molecular complexity index is 172. The van der Waals surface area contributed by atoms with Crippen molar-refractivity contribution in [1.82, 2.24) is 0 Å². The molecule has 5 unspecified atom stereocenters. The third-order valence-corrected chi connectivity index (χ3v) is 2.73. The molecule has 0 aromatic carbocycles. The normalized spacial score (nSPS) is 34.8. The molecular weight excluding hydrogens is 1330 g/mol. The number of aliphatic hydroxyl groups is 3. The molecule has 0 aromatic rings. The maximum absolute atomic E-state index is 9.27. The van der Waals surface area contributed by atoms with Crippen LogP contribution >= 0.6 is 0 Å². The molecule has 1 saturated heterocycles. The molecule has 1 heterocycles. The quantitative estimate of drug-likeness (QED) is 0.266. The van der Waals surface area contributed by atoms with Gasteiger partial charge in [0.25, 0.3) is 0 Å². The van der Waals surface area contributed by atoms with E-state index in [4.69, 9.17) is 15.6 Å². The van der Waals surface area contributed by atoms with Gasteiger partial charge in [0.15, 0.2) is 0 Å². The Morgan fingerprint density at radius 1 is 1.06 bits per heavy atom. The molecule has 1 aliphatic heterocycles. The van der Waals surface area contributed by atoms with Crippen molar-refractivity contribution in [2.45, 2.75) is 29.4 Å². The second-order valence-electron chi connectivity index (χ2n) is 2.73. The van der Waals surface area contributed by atoms with E-state index in [9.17, 15) is 10.2 Å². The van der Waals surface area contributed by atoms with Crippen LogP contribution < -0.4 is 0 Å². The van der Waals surface area contributed by atoms with Crippen molar-refractivity contribution < 1.29 is 219 Å². The maximum atomic E-state index is 9.27. The van der Waals surface area contributed by atoms with E-state index in [0.717, 1.165) is 0 Å². The van der Waals surface area contributed by atoms with E-state index in [1.54, 1.807) is 0 Å². The zero-order valence-electron chi connectivity index (χ0n) is 8.86. The number of nitrogens with one attached hydrogen (secondary N) is 1. The molecule has 94 valence electrons. The van der Waals surface area contributed by atoms with Crippen LogP contribution in [-0.2, 0) is 27.1 Å². The van der Waals surface area contributed by atoms with Gasteiger partial charge in [-0.3, -0.25) is 0 Å². The van der Waals surface area contributed by atoms with Crippen LogP contribution in [0.4, 0.5) is 0 Å². The predicted octanol–water partition coefficient (Wildman–Crippen LogP) is -1.99. The molecule has 0 spiro atoms. The monoisotopic (exact) mass is 1350 g/mol. The summed E-state index contributed by atoms with van der Waals surface area (Å²) in [5.41, 5.74) is 7.33. The Morgan fingerprint density at radius 3 is 1.82 bits per heavy atom. The van der Waals surface area contributed by atoms with E-state index < -0.39 is 29.4 Å². The summed E-state index contributed by atoms with van der Waals surface area (Å²) < 4.78 is 5.03. The molecule has 4 N–H and O–H groups in total. The van der Waals surface area contributed by atoms with Gasteiger partial charge in [-0.15, -0.1) is 0 Å². The molecule has 0 bridgehead atoms. The predicted molar refractivity (Wildman–Crippen MR) is 41.6 cm³/mol. The topological polar surface area (TPSA) is 93.7 Å². The summed E-state index contributed by atoms with van der Waals surface area (Å²) in [7, 11) is 0. The first kappa shape index (κ1) is 35.0. The van der Waals surface area contributed by atoms with Crippen LogP contribution in [0, 0.1) is 176 Å². The first-order valence-corrected chi connectivity index (χ1v) is 4.56. The van der Waals surface area contributed by atoms with Crippen molar-refractivity contribution in [3.05, 3.63) is 5.73 Å². The summed E-state index contributed by atoms with van der Waals surface area (Å²) >= 11 is 2.55. The zero-order valence-corrected chi connectivity index (χ0v) is 31.7. The molecule has 17 heavy (non-hydrogen) atoms. The van der Waals surface area contributed by atoms with Crippen molar-refractivity contribution in [1.29, 1.82) is 0 Å². The number of hydrogen-bond donors (Lipinski definition) is 3. The average Bonchev–Trinajstić information content (AvgIpc) is 2.08. The van der Waals surface area contributed by atoms with Crippen LogP contribution in [0.3, 0.4) is 0 Å². The molecule has 11 heteroatoms. The van der Waals surface area contributed by atoms with Gasteiger partial charge in [0.05, 0.1) is 0 Å². The first-order valence-electron chi connectivity index (χ1n) is 3.57. The first-order chi connectivity index (χ1) is 5.57. The summed E-state index contributed by atoms with van der Waals surface area (Å²) in [6, 6.07) is -0.900. The Kier molecular flexibility index (Phi) is 39.5. The Hall–Kier alpha value is 6.83. The van der Waals surface area contributed by atoms with Crippen molar-refractivity contribution in [2.75, 3.05) is 6.61 Å². The van der Waals surface area contributed by atoms with Crippen LogP contribution in [0.5, 0.6) is 0 Å². The fourth-order valence-electron chi connectivity index (χ4n) is 1.08. The van der Waals surface area contributed by atoms with Gasteiger partial charge in [0.2, 0.25) is 0 Å². The Labute approximate surface area is 268 Å². The van der Waals surface area contributed by atoms with Gasteiger partial charge < -0.3 is 0 Å². The summed E-state index contributed by atoms with van der Waals surface area (Å²) in [6.45, 7) is -0.358. The van der Waals surface area contributed by atoms with Gasteiger partial charge in [0, 0.05) is 199 Å². The number of ether oxygens (including phenoxy) is 1. The van der Waals surface area contributed by atoms with Gasteiger partial charge >= 0.3 is 77.8 Å². The van der Waals surface area contributed by atoms with Crippen LogP contribution in [0.2, 0.25) is 0 Å². The van der Waals surface area contributed by atoms with E-state index in [2.05, 4.69) is 16.0 Å². The summed E-state index contributed by atoms with van der Waals surface area (Å²) in [6.07, 6.45) is -3.14. The molecular formula is C6H11Ac4AuNO4Se-. The van der Waals surface area contributed by atoms with Crippen LogP contribution in [0.25, 0.3) is 5.73 Å². The molecule has 5 atom stereocenters. The minimum absolute atomic E-state index is 0. The van der Waals surface area contributed by atoms with Gasteiger partial charge in [0.1, 0.15) is 0 Å². The standard InChI is InChI=1S/C6H11NO4Se.4Ac.Au/c7-3-5(10)4(9)2(1-8)11-6(3)12;;;;;/h2-10H,1H2;;;;;/q-1;;;;;. The van der Waals surface area contributed by atoms with Crippen molar-refractivity contribution >= 4 is 16.0 Å². The van der Waals surface area contributed by atoms with Crippen molar-refractivity contribution in [2.24, 2.45) is 0 Å². The molecule has 5 nitrogen and oxygen atoms in total. The molecule has 0 saturated carbocycles. The van der Waals surface area contributed by atoms with Crippen LogP contribution in [0.1, 0.15) is 0 Å². The third kappa shape index (κ3) is 11.9.